The molecular weight excluding hydrogens is 442 g/mol. The Hall–Kier alpha value is -3.65. The van der Waals surface area contributed by atoms with E-state index in [0.717, 1.165) is 79.3 Å². The Labute approximate surface area is 205 Å². The molecule has 1 aliphatic heterocycles. The maximum atomic E-state index is 13.2. The lowest BCUT2D eigenvalue weighted by Crippen LogP contribution is -2.48. The lowest BCUT2D eigenvalue weighted by molar-refractivity contribution is -0.142. The summed E-state index contributed by atoms with van der Waals surface area (Å²) in [6.07, 6.45) is 2.86. The molecule has 8 nitrogen and oxygen atoms in total. The van der Waals surface area contributed by atoms with Gasteiger partial charge in [-0.05, 0) is 62.1 Å². The highest BCUT2D eigenvalue weighted by atomic mass is 16.5. The molecule has 1 N–H and O–H groups in total. The number of hydrogen-bond donors (Lipinski definition) is 1. The fraction of sp³-hybridized carbons (Fsp3) is 0.370. The van der Waals surface area contributed by atoms with Gasteiger partial charge in [0.15, 0.2) is 5.69 Å². The minimum Gasteiger partial charge on any atom is -0.468 e. The van der Waals surface area contributed by atoms with Crippen molar-refractivity contribution < 1.29 is 14.3 Å². The molecule has 1 aromatic heterocycles. The Morgan fingerprint density at radius 1 is 1.00 bits per heavy atom. The lowest BCUT2D eigenvalue weighted by atomic mass is 10.1. The third-order valence-electron chi connectivity index (χ3n) is 6.93. The molecule has 1 saturated heterocycles. The first-order valence-electron chi connectivity index (χ1n) is 12.2. The van der Waals surface area contributed by atoms with Crippen molar-refractivity contribution in [2.75, 3.05) is 50.1 Å². The first-order valence-corrected chi connectivity index (χ1v) is 12.2. The summed E-state index contributed by atoms with van der Waals surface area (Å²) in [7, 11) is 1.42. The molecule has 0 radical (unpaired) electrons. The van der Waals surface area contributed by atoms with Crippen molar-refractivity contribution in [3.63, 3.8) is 0 Å². The third-order valence-corrected chi connectivity index (χ3v) is 6.93. The van der Waals surface area contributed by atoms with Gasteiger partial charge in [-0.1, -0.05) is 18.2 Å². The average molecular weight is 474 g/mol. The first kappa shape index (κ1) is 23.1. The molecule has 1 aliphatic carbocycles. The van der Waals surface area contributed by atoms with Crippen molar-refractivity contribution in [3.8, 4) is 5.69 Å². The van der Waals surface area contributed by atoms with Crippen LogP contribution < -0.4 is 10.2 Å². The lowest BCUT2D eigenvalue weighted by Gasteiger charge is -2.35. The summed E-state index contributed by atoms with van der Waals surface area (Å²) in [6, 6.07) is 16.1. The fourth-order valence-corrected chi connectivity index (χ4v) is 4.98. The van der Waals surface area contributed by atoms with E-state index < -0.39 is 0 Å². The number of ether oxygens (including phenoxy) is 1. The van der Waals surface area contributed by atoms with Gasteiger partial charge in [0.25, 0.3) is 5.91 Å². The molecule has 0 saturated carbocycles. The molecule has 0 unspecified atom stereocenters. The van der Waals surface area contributed by atoms with Gasteiger partial charge in [0.05, 0.1) is 19.3 Å². The Bertz CT molecular complexity index is 1230. The topological polar surface area (TPSA) is 79.7 Å². The number of nitrogens with one attached hydrogen (secondary N) is 1. The van der Waals surface area contributed by atoms with Crippen LogP contribution in [0.3, 0.4) is 0 Å². The molecule has 0 bridgehead atoms. The van der Waals surface area contributed by atoms with Gasteiger partial charge in [0.2, 0.25) is 0 Å². The summed E-state index contributed by atoms with van der Waals surface area (Å²) in [6.45, 7) is 5.69. The van der Waals surface area contributed by atoms with Crippen LogP contribution in [0.25, 0.3) is 5.69 Å². The zero-order valence-corrected chi connectivity index (χ0v) is 20.3. The molecule has 2 aromatic carbocycles. The summed E-state index contributed by atoms with van der Waals surface area (Å²) >= 11 is 0. The van der Waals surface area contributed by atoms with E-state index in [1.54, 1.807) is 0 Å². The van der Waals surface area contributed by atoms with Crippen molar-refractivity contribution >= 4 is 23.3 Å². The van der Waals surface area contributed by atoms with E-state index in [4.69, 9.17) is 9.84 Å². The van der Waals surface area contributed by atoms with E-state index in [1.807, 2.05) is 41.1 Å². The van der Waals surface area contributed by atoms with Crippen LogP contribution in [-0.2, 0) is 22.4 Å². The van der Waals surface area contributed by atoms with E-state index in [-0.39, 0.29) is 11.9 Å². The second-order valence-electron chi connectivity index (χ2n) is 9.17. The highest BCUT2D eigenvalue weighted by molar-refractivity contribution is 6.04. The number of aromatic nitrogens is 2. The molecule has 8 heteroatoms. The smallest absolute Gasteiger partial charge is 0.319 e. The Balaban J connectivity index is 1.26. The van der Waals surface area contributed by atoms with Crippen LogP contribution in [0.5, 0.6) is 0 Å². The number of hydrogen-bond acceptors (Lipinski definition) is 6. The van der Waals surface area contributed by atoms with E-state index >= 15 is 0 Å². The third kappa shape index (κ3) is 4.79. The summed E-state index contributed by atoms with van der Waals surface area (Å²) < 4.78 is 6.71. The quantitative estimate of drug-likeness (QED) is 0.554. The SMILES string of the molecule is COC(=O)CN1CCN(c2ccc(NC(=O)c3nn(-c4ccccc4C)c4c3CCC4)cc2)CC1. The highest BCUT2D eigenvalue weighted by Crippen LogP contribution is 2.29. The number of piperazine rings is 1. The predicted octanol–water partition coefficient (Wildman–Crippen LogP) is 3.22. The zero-order valence-electron chi connectivity index (χ0n) is 20.3. The van der Waals surface area contributed by atoms with Crippen molar-refractivity contribution in [3.05, 3.63) is 71.0 Å². The first-order chi connectivity index (χ1) is 17.0. The van der Waals surface area contributed by atoms with Gasteiger partial charge in [-0.15, -0.1) is 0 Å². The van der Waals surface area contributed by atoms with Gasteiger partial charge in [-0.25, -0.2) is 4.68 Å². The molecule has 0 atom stereocenters. The van der Waals surface area contributed by atoms with E-state index in [2.05, 4.69) is 34.2 Å². The number of amides is 1. The van der Waals surface area contributed by atoms with Crippen LogP contribution >= 0.6 is 0 Å². The molecule has 1 amide bonds. The maximum Gasteiger partial charge on any atom is 0.319 e. The molecule has 0 spiro atoms. The number of fused-ring (bicyclic) bond motifs is 1. The number of nitrogens with zero attached hydrogens (tertiary/aromatic N) is 4. The van der Waals surface area contributed by atoms with Crippen LogP contribution in [-0.4, -0.2) is 66.4 Å². The number of aryl methyl sites for hydroxylation is 1. The normalized spacial score (nSPS) is 15.7. The zero-order chi connectivity index (χ0) is 24.4. The Kier molecular flexibility index (Phi) is 6.55. The van der Waals surface area contributed by atoms with Crippen molar-refractivity contribution in [1.82, 2.24) is 14.7 Å². The minimum atomic E-state index is -0.201. The van der Waals surface area contributed by atoms with Gasteiger partial charge in [0.1, 0.15) is 0 Å². The number of esters is 1. The van der Waals surface area contributed by atoms with Crippen LogP contribution in [0.15, 0.2) is 48.5 Å². The van der Waals surface area contributed by atoms with Crippen LogP contribution in [0.4, 0.5) is 11.4 Å². The standard InChI is InChI=1S/C27H31N5O3/c1-19-6-3-4-8-23(19)32-24-9-5-7-22(24)26(29-32)27(34)28-20-10-12-21(13-11-20)31-16-14-30(15-17-31)18-25(33)35-2/h3-4,6,8,10-13H,5,7,9,14-18H2,1-2H3,(H,28,34). The molecule has 1 fully saturated rings. The largest absolute Gasteiger partial charge is 0.468 e. The monoisotopic (exact) mass is 473 g/mol. The molecule has 3 aromatic rings. The number of anilines is 2. The second kappa shape index (κ2) is 9.92. The molecule has 5 rings (SSSR count). The number of methoxy groups -OCH3 is 1. The summed E-state index contributed by atoms with van der Waals surface area (Å²) in [5.74, 6) is -0.368. The molecule has 2 heterocycles. The van der Waals surface area contributed by atoms with E-state index in [0.29, 0.717) is 12.2 Å². The van der Waals surface area contributed by atoms with Crippen molar-refractivity contribution in [2.45, 2.75) is 26.2 Å². The minimum absolute atomic E-state index is 0.167. The average Bonchev–Trinajstić information content (AvgIpc) is 3.49. The molecule has 2 aliphatic rings. The van der Waals surface area contributed by atoms with Gasteiger partial charge < -0.3 is 15.0 Å². The summed E-state index contributed by atoms with van der Waals surface area (Å²) in [5.41, 5.74) is 6.75. The maximum absolute atomic E-state index is 13.2. The predicted molar refractivity (Wildman–Crippen MR) is 135 cm³/mol. The van der Waals surface area contributed by atoms with Crippen LogP contribution in [0.2, 0.25) is 0 Å². The fourth-order valence-electron chi connectivity index (χ4n) is 4.98. The molecule has 182 valence electrons. The van der Waals surface area contributed by atoms with Gasteiger partial charge in [-0.2, -0.15) is 5.10 Å². The Morgan fingerprint density at radius 2 is 1.74 bits per heavy atom. The van der Waals surface area contributed by atoms with Crippen molar-refractivity contribution in [2.24, 2.45) is 0 Å². The Morgan fingerprint density at radius 3 is 2.46 bits per heavy atom. The van der Waals surface area contributed by atoms with Gasteiger partial charge >= 0.3 is 5.97 Å². The van der Waals surface area contributed by atoms with Crippen molar-refractivity contribution in [1.29, 1.82) is 0 Å². The summed E-state index contributed by atoms with van der Waals surface area (Å²) in [4.78, 5) is 29.1. The molecule has 35 heavy (non-hydrogen) atoms. The van der Waals surface area contributed by atoms with E-state index in [9.17, 15) is 9.59 Å². The molecular formula is C27H31N5O3. The number of rotatable bonds is 6. The van der Waals surface area contributed by atoms with Gasteiger partial charge in [-0.3, -0.25) is 14.5 Å². The highest BCUT2D eigenvalue weighted by Gasteiger charge is 2.27. The van der Waals surface area contributed by atoms with Crippen LogP contribution in [0, 0.1) is 6.92 Å². The van der Waals surface area contributed by atoms with Crippen LogP contribution in [0.1, 0.15) is 33.7 Å². The number of para-hydroxylation sites is 1. The second-order valence-corrected chi connectivity index (χ2v) is 9.17. The number of carbonyl (C=O) groups is 2. The van der Waals surface area contributed by atoms with E-state index in [1.165, 1.54) is 7.11 Å². The van der Waals surface area contributed by atoms with Gasteiger partial charge in [0, 0.05) is 48.8 Å². The number of carbonyl (C=O) groups excluding carboxylic acids is 2. The summed E-state index contributed by atoms with van der Waals surface area (Å²) in [5, 5.41) is 7.78. The number of benzene rings is 2.